The van der Waals surface area contributed by atoms with E-state index in [9.17, 15) is 13.0 Å². The Morgan fingerprint density at radius 1 is 0.579 bits per heavy atom. The molecule has 0 heterocycles. The molecule has 0 aromatic carbocycles. The minimum atomic E-state index is -4.62. The Kier molecular flexibility index (Phi) is 34.5. The monoisotopic (exact) mass is 566 g/mol. The summed E-state index contributed by atoms with van der Waals surface area (Å²) in [6, 6.07) is 0. The number of hydrogen-bond donors (Lipinski definition) is 0. The van der Waals surface area contributed by atoms with Crippen molar-refractivity contribution in [1.82, 2.24) is 0 Å². The Morgan fingerprint density at radius 3 is 1.29 bits per heavy atom. The SMILES string of the molecule is CCCCCCCCCC/C=C/C(CCCCCCCCCCCCCCCCCC)COS(=O)(=O)[O-].[Na+]. The van der Waals surface area contributed by atoms with E-state index in [1.165, 1.54) is 148 Å². The molecule has 0 N–H and O–H groups in total. The van der Waals surface area contributed by atoms with Gasteiger partial charge in [-0.25, -0.2) is 8.42 Å². The summed E-state index contributed by atoms with van der Waals surface area (Å²) in [4.78, 5) is 0. The second-order valence-electron chi connectivity index (χ2n) is 11.2. The molecule has 0 aromatic heterocycles. The Bertz CT molecular complexity index is 580. The van der Waals surface area contributed by atoms with Crippen LogP contribution >= 0.6 is 0 Å². The zero-order valence-corrected chi connectivity index (χ0v) is 28.7. The predicted molar refractivity (Wildman–Crippen MR) is 160 cm³/mol. The van der Waals surface area contributed by atoms with Crippen molar-refractivity contribution in [3.05, 3.63) is 12.2 Å². The van der Waals surface area contributed by atoms with Crippen molar-refractivity contribution >= 4 is 10.4 Å². The van der Waals surface area contributed by atoms with E-state index in [1.54, 1.807) is 0 Å². The van der Waals surface area contributed by atoms with Gasteiger partial charge in [0.25, 0.3) is 0 Å². The van der Waals surface area contributed by atoms with Crippen molar-refractivity contribution in [2.45, 2.75) is 181 Å². The summed E-state index contributed by atoms with van der Waals surface area (Å²) in [5.41, 5.74) is 0. The number of hydrogen-bond acceptors (Lipinski definition) is 4. The van der Waals surface area contributed by atoms with Gasteiger partial charge in [0.15, 0.2) is 0 Å². The van der Waals surface area contributed by atoms with Crippen LogP contribution in [-0.4, -0.2) is 19.6 Å². The van der Waals surface area contributed by atoms with E-state index in [0.29, 0.717) is 0 Å². The summed E-state index contributed by atoms with van der Waals surface area (Å²) < 4.78 is 37.3. The molecule has 4 nitrogen and oxygen atoms in total. The number of rotatable bonds is 30. The molecule has 0 aromatic rings. The molecule has 1 unspecified atom stereocenters. The summed E-state index contributed by atoms with van der Waals surface area (Å²) >= 11 is 0. The molecule has 0 aliphatic rings. The van der Waals surface area contributed by atoms with E-state index < -0.39 is 10.4 Å². The van der Waals surface area contributed by atoms with Crippen LogP contribution in [0.2, 0.25) is 0 Å². The molecule has 0 amide bonds. The van der Waals surface area contributed by atoms with Crippen LogP contribution in [0.5, 0.6) is 0 Å². The quantitative estimate of drug-likeness (QED) is 0.0292. The third-order valence-electron chi connectivity index (χ3n) is 7.49. The van der Waals surface area contributed by atoms with Crippen molar-refractivity contribution in [3.8, 4) is 0 Å². The van der Waals surface area contributed by atoms with Gasteiger partial charge in [-0.15, -0.1) is 0 Å². The second-order valence-corrected chi connectivity index (χ2v) is 12.3. The Hall–Kier alpha value is 0.610. The van der Waals surface area contributed by atoms with Gasteiger partial charge in [0.05, 0.1) is 6.61 Å². The molecule has 0 radical (unpaired) electrons. The van der Waals surface area contributed by atoms with Gasteiger partial charge < -0.3 is 4.55 Å². The maximum Gasteiger partial charge on any atom is 1.00 e. The fourth-order valence-corrected chi connectivity index (χ4v) is 5.39. The molecule has 0 aliphatic carbocycles. The van der Waals surface area contributed by atoms with E-state index in [-0.39, 0.29) is 42.1 Å². The molecule has 0 rings (SSSR count). The van der Waals surface area contributed by atoms with Gasteiger partial charge in [-0.2, -0.15) is 0 Å². The van der Waals surface area contributed by atoms with Gasteiger partial charge in [-0.1, -0.05) is 174 Å². The first-order valence-corrected chi connectivity index (χ1v) is 17.6. The van der Waals surface area contributed by atoms with Crippen LogP contribution < -0.4 is 29.6 Å². The fourth-order valence-electron chi connectivity index (χ4n) is 5.05. The molecule has 0 bridgehead atoms. The molecule has 0 saturated carbocycles. The fraction of sp³-hybridized carbons (Fsp3) is 0.938. The standard InChI is InChI=1S/C32H64O4S.Na/c1-3-5-7-9-11-13-15-16-17-18-19-20-22-24-26-28-30-32(31-36-37(33,34)35)29-27-25-23-21-14-12-10-8-6-4-2;/h27,29,32H,3-26,28,30-31H2,1-2H3,(H,33,34,35);/q;+1/p-1/b29-27+;. The van der Waals surface area contributed by atoms with Crippen molar-refractivity contribution in [2.75, 3.05) is 6.61 Å². The van der Waals surface area contributed by atoms with Crippen molar-refractivity contribution in [1.29, 1.82) is 0 Å². The van der Waals surface area contributed by atoms with Crippen LogP contribution in [0.3, 0.4) is 0 Å². The Labute approximate surface area is 261 Å². The average Bonchev–Trinajstić information content (AvgIpc) is 2.87. The first-order chi connectivity index (χ1) is 18.0. The topological polar surface area (TPSA) is 66.4 Å². The number of unbranched alkanes of at least 4 members (excludes halogenated alkanes) is 23. The first-order valence-electron chi connectivity index (χ1n) is 16.3. The summed E-state index contributed by atoms with van der Waals surface area (Å²) in [6.45, 7) is 4.51. The molecule has 0 saturated heterocycles. The summed E-state index contributed by atoms with van der Waals surface area (Å²) in [5, 5.41) is 0. The number of allylic oxidation sites excluding steroid dienone is 1. The van der Waals surface area contributed by atoms with E-state index >= 15 is 0 Å². The predicted octanol–water partition coefficient (Wildman–Crippen LogP) is 7.82. The molecule has 0 spiro atoms. The first kappa shape index (κ1) is 40.7. The normalized spacial score (nSPS) is 12.7. The van der Waals surface area contributed by atoms with Crippen LogP contribution in [0, 0.1) is 5.92 Å². The van der Waals surface area contributed by atoms with Crippen LogP contribution in [-0.2, 0) is 14.6 Å². The van der Waals surface area contributed by atoms with Gasteiger partial charge in [-0.3, -0.25) is 4.18 Å². The minimum Gasteiger partial charge on any atom is -0.726 e. The molecular weight excluding hydrogens is 503 g/mol. The van der Waals surface area contributed by atoms with E-state index in [0.717, 1.165) is 19.3 Å². The molecule has 1 atom stereocenters. The van der Waals surface area contributed by atoms with Gasteiger partial charge in [0.2, 0.25) is 10.4 Å². The summed E-state index contributed by atoms with van der Waals surface area (Å²) in [6.07, 6.45) is 38.1. The van der Waals surface area contributed by atoms with Crippen molar-refractivity contribution in [3.63, 3.8) is 0 Å². The van der Waals surface area contributed by atoms with Crippen LogP contribution in [0.25, 0.3) is 0 Å². The third-order valence-corrected chi connectivity index (χ3v) is 7.91. The third kappa shape index (κ3) is 34.6. The summed E-state index contributed by atoms with van der Waals surface area (Å²) in [5.74, 6) is 0.0180. The molecule has 0 aliphatic heterocycles. The van der Waals surface area contributed by atoms with Crippen molar-refractivity contribution in [2.24, 2.45) is 5.92 Å². The zero-order valence-electron chi connectivity index (χ0n) is 25.9. The van der Waals surface area contributed by atoms with Gasteiger partial charge in [-0.05, 0) is 19.3 Å². The van der Waals surface area contributed by atoms with Crippen LogP contribution in [0.1, 0.15) is 181 Å². The van der Waals surface area contributed by atoms with Gasteiger partial charge in [0.1, 0.15) is 0 Å². The van der Waals surface area contributed by atoms with Crippen LogP contribution in [0.15, 0.2) is 12.2 Å². The Balaban J connectivity index is 0. The molecule has 0 fully saturated rings. The van der Waals surface area contributed by atoms with Crippen molar-refractivity contribution < 1.29 is 46.7 Å². The molecule has 222 valence electrons. The molecular formula is C32H63NaO4S. The maximum absolute atomic E-state index is 10.9. The summed E-state index contributed by atoms with van der Waals surface area (Å²) in [7, 11) is -4.62. The van der Waals surface area contributed by atoms with E-state index in [2.05, 4.69) is 30.2 Å². The van der Waals surface area contributed by atoms with E-state index in [4.69, 9.17) is 0 Å². The zero-order chi connectivity index (χ0) is 27.3. The average molecular weight is 567 g/mol. The minimum absolute atomic E-state index is 0. The van der Waals surface area contributed by atoms with E-state index in [1.807, 2.05) is 0 Å². The second kappa shape index (κ2) is 32.1. The van der Waals surface area contributed by atoms with Crippen LogP contribution in [0.4, 0.5) is 0 Å². The Morgan fingerprint density at radius 2 is 0.921 bits per heavy atom. The largest absolute Gasteiger partial charge is 1.00 e. The van der Waals surface area contributed by atoms with Gasteiger partial charge >= 0.3 is 29.6 Å². The van der Waals surface area contributed by atoms with Gasteiger partial charge in [0, 0.05) is 5.92 Å². The molecule has 6 heteroatoms. The maximum atomic E-state index is 10.9. The smallest absolute Gasteiger partial charge is 0.726 e. The molecule has 38 heavy (non-hydrogen) atoms.